The number of aliphatic hydroxyl groups is 2. The molecule has 0 heterocycles. The average Bonchev–Trinajstić information content (AvgIpc) is 2.98. The van der Waals surface area contributed by atoms with Gasteiger partial charge in [0.2, 0.25) is 0 Å². The Bertz CT molecular complexity index is 649. The van der Waals surface area contributed by atoms with Gasteiger partial charge in [0.05, 0.1) is 12.2 Å². The third-order valence-electron chi connectivity index (χ3n) is 10.9. The van der Waals surface area contributed by atoms with Crippen molar-refractivity contribution in [3.05, 3.63) is 0 Å². The zero-order valence-corrected chi connectivity index (χ0v) is 18.9. The molecular formula is C25H42O4. The van der Waals surface area contributed by atoms with Gasteiger partial charge in [-0.05, 0) is 104 Å². The van der Waals surface area contributed by atoms with Crippen LogP contribution in [0.1, 0.15) is 91.9 Å². The molecule has 166 valence electrons. The standard InChI is InChI=1S/C25H42O4/c1-15(5-8-21(28)29)17-6-7-18-22-19(10-11-24(17,18)3)25(4)12-9-16(26)13-23(25,2)14-20(22)27/h15-20,22,26-27H,5-14H2,1-4H3,(H,28,29)/t15-,16-,17-,18?,19?,20-,22?,23+,24-,25-/m1/s1. The summed E-state index contributed by atoms with van der Waals surface area (Å²) in [6.07, 6.45) is 8.98. The number of aliphatic carboxylic acids is 1. The molecule has 0 radical (unpaired) electrons. The Balaban J connectivity index is 1.59. The summed E-state index contributed by atoms with van der Waals surface area (Å²) in [5, 5.41) is 30.9. The molecule has 4 nitrogen and oxygen atoms in total. The summed E-state index contributed by atoms with van der Waals surface area (Å²) in [6, 6.07) is 0. The van der Waals surface area contributed by atoms with Crippen LogP contribution >= 0.6 is 0 Å². The number of carboxylic acids is 1. The molecule has 0 aliphatic heterocycles. The Morgan fingerprint density at radius 1 is 1.00 bits per heavy atom. The van der Waals surface area contributed by atoms with Gasteiger partial charge in [0.1, 0.15) is 0 Å². The van der Waals surface area contributed by atoms with Gasteiger partial charge in [-0.3, -0.25) is 4.79 Å². The molecule has 0 aromatic carbocycles. The van der Waals surface area contributed by atoms with E-state index in [1.807, 2.05) is 0 Å². The minimum atomic E-state index is -0.686. The predicted molar refractivity (Wildman–Crippen MR) is 113 cm³/mol. The lowest BCUT2D eigenvalue weighted by Crippen LogP contribution is -2.62. The number of hydrogen-bond acceptors (Lipinski definition) is 3. The molecule has 0 spiro atoms. The van der Waals surface area contributed by atoms with Crippen LogP contribution in [-0.2, 0) is 4.79 Å². The van der Waals surface area contributed by atoms with Crippen LogP contribution in [0.15, 0.2) is 0 Å². The molecule has 3 unspecified atom stereocenters. The fraction of sp³-hybridized carbons (Fsp3) is 0.960. The molecule has 0 amide bonds. The summed E-state index contributed by atoms with van der Waals surface area (Å²) in [7, 11) is 0. The number of fused-ring (bicyclic) bond motifs is 5. The molecule has 4 aliphatic carbocycles. The minimum absolute atomic E-state index is 0.0335. The first-order valence-corrected chi connectivity index (χ1v) is 12.1. The topological polar surface area (TPSA) is 77.8 Å². The number of aliphatic hydroxyl groups excluding tert-OH is 2. The van der Waals surface area contributed by atoms with Crippen molar-refractivity contribution in [2.24, 2.45) is 45.8 Å². The fourth-order valence-electron chi connectivity index (χ4n) is 9.17. The monoisotopic (exact) mass is 406 g/mol. The van der Waals surface area contributed by atoms with E-state index in [0.717, 1.165) is 32.1 Å². The largest absolute Gasteiger partial charge is 0.481 e. The van der Waals surface area contributed by atoms with Crippen molar-refractivity contribution in [2.45, 2.75) is 104 Å². The fourth-order valence-corrected chi connectivity index (χ4v) is 9.17. The van der Waals surface area contributed by atoms with E-state index in [2.05, 4.69) is 27.7 Å². The maximum absolute atomic E-state index is 11.4. The second-order valence-corrected chi connectivity index (χ2v) is 12.1. The first-order valence-electron chi connectivity index (χ1n) is 12.1. The van der Waals surface area contributed by atoms with Gasteiger partial charge in [-0.25, -0.2) is 0 Å². The molecule has 0 aromatic heterocycles. The second-order valence-electron chi connectivity index (χ2n) is 12.1. The predicted octanol–water partition coefficient (Wildman–Crippen LogP) is 4.87. The minimum Gasteiger partial charge on any atom is -0.481 e. The highest BCUT2D eigenvalue weighted by molar-refractivity contribution is 5.66. The number of rotatable bonds is 4. The van der Waals surface area contributed by atoms with E-state index in [-0.39, 0.29) is 34.9 Å². The van der Waals surface area contributed by atoms with E-state index in [0.29, 0.717) is 29.6 Å². The van der Waals surface area contributed by atoms with Crippen LogP contribution in [0, 0.1) is 45.8 Å². The second kappa shape index (κ2) is 7.22. The van der Waals surface area contributed by atoms with Gasteiger partial charge in [0.15, 0.2) is 0 Å². The Labute approximate surface area is 176 Å². The Kier molecular flexibility index (Phi) is 5.38. The van der Waals surface area contributed by atoms with Crippen molar-refractivity contribution in [3.8, 4) is 0 Å². The summed E-state index contributed by atoms with van der Waals surface area (Å²) >= 11 is 0. The number of carboxylic acid groups (broad SMARTS) is 1. The molecule has 3 N–H and O–H groups in total. The smallest absolute Gasteiger partial charge is 0.303 e. The highest BCUT2D eigenvalue weighted by Gasteiger charge is 2.65. The molecule has 0 saturated heterocycles. The molecule has 4 rings (SSSR count). The molecule has 0 bridgehead atoms. The normalized spacial score (nSPS) is 52.9. The molecular weight excluding hydrogens is 364 g/mol. The summed E-state index contributed by atoms with van der Waals surface area (Å²) in [5.41, 5.74) is 0.481. The van der Waals surface area contributed by atoms with Crippen LogP contribution in [-0.4, -0.2) is 33.5 Å². The van der Waals surface area contributed by atoms with E-state index >= 15 is 0 Å². The third-order valence-corrected chi connectivity index (χ3v) is 10.9. The summed E-state index contributed by atoms with van der Waals surface area (Å²) in [4.78, 5) is 11.1. The van der Waals surface area contributed by atoms with Crippen molar-refractivity contribution in [1.82, 2.24) is 0 Å². The van der Waals surface area contributed by atoms with Crippen molar-refractivity contribution in [2.75, 3.05) is 0 Å². The van der Waals surface area contributed by atoms with Gasteiger partial charge in [-0.1, -0.05) is 27.7 Å². The van der Waals surface area contributed by atoms with Gasteiger partial charge in [0.25, 0.3) is 0 Å². The summed E-state index contributed by atoms with van der Waals surface area (Å²) in [5.74, 6) is 1.81. The van der Waals surface area contributed by atoms with E-state index in [9.17, 15) is 15.0 Å². The van der Waals surface area contributed by atoms with Crippen molar-refractivity contribution < 1.29 is 20.1 Å². The van der Waals surface area contributed by atoms with Crippen molar-refractivity contribution >= 4 is 5.97 Å². The molecule has 29 heavy (non-hydrogen) atoms. The average molecular weight is 407 g/mol. The Morgan fingerprint density at radius 3 is 2.41 bits per heavy atom. The van der Waals surface area contributed by atoms with Crippen LogP contribution in [0.5, 0.6) is 0 Å². The highest BCUT2D eigenvalue weighted by atomic mass is 16.4. The van der Waals surface area contributed by atoms with Gasteiger partial charge in [-0.2, -0.15) is 0 Å². The van der Waals surface area contributed by atoms with Crippen LogP contribution in [0.4, 0.5) is 0 Å². The number of hydrogen-bond donors (Lipinski definition) is 3. The van der Waals surface area contributed by atoms with E-state index in [1.54, 1.807) is 0 Å². The zero-order chi connectivity index (χ0) is 21.2. The molecule has 4 heteroatoms. The zero-order valence-electron chi connectivity index (χ0n) is 18.9. The van der Waals surface area contributed by atoms with Gasteiger partial charge < -0.3 is 15.3 Å². The van der Waals surface area contributed by atoms with Gasteiger partial charge in [-0.15, -0.1) is 0 Å². The van der Waals surface area contributed by atoms with Gasteiger partial charge >= 0.3 is 5.97 Å². The molecule has 4 fully saturated rings. The van der Waals surface area contributed by atoms with Gasteiger partial charge in [0, 0.05) is 6.42 Å². The number of carbonyl (C=O) groups is 1. The van der Waals surface area contributed by atoms with Crippen LogP contribution < -0.4 is 0 Å². The molecule has 4 saturated carbocycles. The van der Waals surface area contributed by atoms with Crippen molar-refractivity contribution in [1.29, 1.82) is 0 Å². The van der Waals surface area contributed by atoms with E-state index < -0.39 is 5.97 Å². The van der Waals surface area contributed by atoms with E-state index in [4.69, 9.17) is 5.11 Å². The maximum Gasteiger partial charge on any atom is 0.303 e. The first-order chi connectivity index (χ1) is 13.5. The van der Waals surface area contributed by atoms with E-state index in [1.165, 1.54) is 25.7 Å². The lowest BCUT2D eigenvalue weighted by Gasteiger charge is -2.66. The molecule has 0 aromatic rings. The quantitative estimate of drug-likeness (QED) is 0.622. The molecule has 4 aliphatic rings. The lowest BCUT2D eigenvalue weighted by molar-refractivity contribution is -0.210. The summed E-state index contributed by atoms with van der Waals surface area (Å²) in [6.45, 7) is 9.50. The summed E-state index contributed by atoms with van der Waals surface area (Å²) < 4.78 is 0. The van der Waals surface area contributed by atoms with Crippen LogP contribution in [0.25, 0.3) is 0 Å². The highest BCUT2D eigenvalue weighted by Crippen LogP contribution is 2.71. The molecule has 10 atom stereocenters. The van der Waals surface area contributed by atoms with Crippen molar-refractivity contribution in [3.63, 3.8) is 0 Å². The first kappa shape index (κ1) is 21.6. The third kappa shape index (κ3) is 3.19. The Hall–Kier alpha value is -0.610. The maximum atomic E-state index is 11.4. The lowest BCUT2D eigenvalue weighted by atomic mass is 9.39. The Morgan fingerprint density at radius 2 is 1.72 bits per heavy atom. The SMILES string of the molecule is C[C@H](CCC(=O)O)[C@H]1CCC2C3C(CC[C@@]21C)[C@@]1(C)CC[C@@H](O)C[C@@]1(C)C[C@H]3O. The van der Waals surface area contributed by atoms with Crippen LogP contribution in [0.2, 0.25) is 0 Å². The van der Waals surface area contributed by atoms with Crippen LogP contribution in [0.3, 0.4) is 0 Å².